The lowest BCUT2D eigenvalue weighted by Crippen LogP contribution is -3.13. The largest absolute Gasteiger partial charge is 0.673 e. The number of nitrogens with one attached hydrogen (secondary N) is 1. The minimum absolute atomic E-state index is 0.979. The van der Waals surface area contributed by atoms with Crippen LogP contribution in [0.1, 0.15) is 78.1 Å². The number of likely N-dealkylation sites (tertiary alicyclic amines) is 1. The van der Waals surface area contributed by atoms with Crippen LogP contribution in [0.3, 0.4) is 0 Å². The van der Waals surface area contributed by atoms with Crippen LogP contribution in [0, 0.1) is 5.92 Å². The minimum atomic E-state index is -6.00. The quantitative estimate of drug-likeness (QED) is 0.354. The molecule has 1 nitrogen and oxygen atoms in total. The molecule has 0 amide bonds. The first-order valence-electron chi connectivity index (χ1n) is 9.03. The van der Waals surface area contributed by atoms with Crippen LogP contribution in [0.2, 0.25) is 0 Å². The molecule has 0 bridgehead atoms. The van der Waals surface area contributed by atoms with Crippen molar-refractivity contribution >= 4 is 7.25 Å². The summed E-state index contributed by atoms with van der Waals surface area (Å²) >= 11 is 0. The van der Waals surface area contributed by atoms with Crippen molar-refractivity contribution in [3.8, 4) is 0 Å². The Morgan fingerprint density at radius 3 is 1.91 bits per heavy atom. The molecule has 1 rings (SSSR count). The van der Waals surface area contributed by atoms with Gasteiger partial charge in [-0.1, -0.05) is 52.4 Å². The monoisotopic (exact) mass is 327 g/mol. The maximum Gasteiger partial charge on any atom is 0.673 e. The van der Waals surface area contributed by atoms with E-state index in [9.17, 15) is 17.3 Å². The van der Waals surface area contributed by atoms with E-state index in [-0.39, 0.29) is 0 Å². The Labute approximate surface area is 133 Å². The van der Waals surface area contributed by atoms with Crippen LogP contribution in [0.25, 0.3) is 0 Å². The Kier molecular flexibility index (Phi) is 13.1. The first-order chi connectivity index (χ1) is 10.3. The van der Waals surface area contributed by atoms with Crippen molar-refractivity contribution in [3.63, 3.8) is 0 Å². The zero-order chi connectivity index (χ0) is 16.8. The van der Waals surface area contributed by atoms with Gasteiger partial charge in [-0.2, -0.15) is 0 Å². The van der Waals surface area contributed by atoms with Crippen LogP contribution in [0.5, 0.6) is 0 Å². The maximum absolute atomic E-state index is 9.75. The molecule has 0 saturated carbocycles. The summed E-state index contributed by atoms with van der Waals surface area (Å²) in [6.45, 7) is 9.05. The summed E-state index contributed by atoms with van der Waals surface area (Å²) < 4.78 is 39.0. The third-order valence-corrected chi connectivity index (χ3v) is 4.25. The van der Waals surface area contributed by atoms with Crippen LogP contribution < -0.4 is 4.90 Å². The Hall–Kier alpha value is -0.255. The van der Waals surface area contributed by atoms with Gasteiger partial charge in [-0.05, 0) is 25.7 Å². The maximum atomic E-state index is 9.75. The predicted molar refractivity (Wildman–Crippen MR) is 86.8 cm³/mol. The fourth-order valence-corrected chi connectivity index (χ4v) is 3.13. The normalized spacial score (nSPS) is 22.1. The van der Waals surface area contributed by atoms with Crippen molar-refractivity contribution in [1.82, 2.24) is 0 Å². The highest BCUT2D eigenvalue weighted by Crippen LogP contribution is 2.08. The third kappa shape index (κ3) is 17.8. The van der Waals surface area contributed by atoms with Gasteiger partial charge in [0.1, 0.15) is 0 Å². The van der Waals surface area contributed by atoms with Crippen molar-refractivity contribution in [3.05, 3.63) is 0 Å². The first kappa shape index (κ1) is 21.7. The minimum Gasteiger partial charge on any atom is -0.418 e. The lowest BCUT2D eigenvalue weighted by molar-refractivity contribution is -0.908. The van der Waals surface area contributed by atoms with Crippen molar-refractivity contribution in [1.29, 1.82) is 0 Å². The Balaban J connectivity index is 0.000000763. The second kappa shape index (κ2) is 13.2. The van der Waals surface area contributed by atoms with Gasteiger partial charge in [0.25, 0.3) is 0 Å². The van der Waals surface area contributed by atoms with Crippen LogP contribution in [-0.4, -0.2) is 26.9 Å². The lowest BCUT2D eigenvalue weighted by atomic mass is 10.00. The average Bonchev–Trinajstić information content (AvgIpc) is 2.40. The van der Waals surface area contributed by atoms with Gasteiger partial charge in [0.2, 0.25) is 0 Å². The molecule has 2 atom stereocenters. The fourth-order valence-electron chi connectivity index (χ4n) is 3.13. The van der Waals surface area contributed by atoms with E-state index in [0.717, 1.165) is 5.92 Å². The molecular formula is C16H34BF4N. The fraction of sp³-hybridized carbons (Fsp3) is 1.00. The molecular weight excluding hydrogens is 293 g/mol. The van der Waals surface area contributed by atoms with Gasteiger partial charge in [0, 0.05) is 5.92 Å². The van der Waals surface area contributed by atoms with E-state index in [1.54, 1.807) is 0 Å². The smallest absolute Gasteiger partial charge is 0.418 e. The molecule has 0 aromatic rings. The molecule has 1 aliphatic heterocycles. The van der Waals surface area contributed by atoms with Crippen LogP contribution in [-0.2, 0) is 0 Å². The molecule has 0 aromatic heterocycles. The van der Waals surface area contributed by atoms with E-state index in [0.29, 0.717) is 0 Å². The molecule has 0 radical (unpaired) electrons. The summed E-state index contributed by atoms with van der Waals surface area (Å²) in [7, 11) is -6.00. The summed E-state index contributed by atoms with van der Waals surface area (Å²) in [6, 6.07) is 0. The number of quaternary nitrogens is 1. The Morgan fingerprint density at radius 1 is 0.909 bits per heavy atom. The molecule has 1 heterocycles. The zero-order valence-electron chi connectivity index (χ0n) is 14.4. The van der Waals surface area contributed by atoms with Crippen molar-refractivity contribution in [2.45, 2.75) is 78.1 Å². The number of unbranched alkanes of at least 4 members (excludes halogenated alkanes) is 7. The van der Waals surface area contributed by atoms with Gasteiger partial charge >= 0.3 is 7.25 Å². The van der Waals surface area contributed by atoms with E-state index >= 15 is 0 Å². The lowest BCUT2D eigenvalue weighted by Gasteiger charge is -2.27. The van der Waals surface area contributed by atoms with E-state index in [1.807, 2.05) is 4.90 Å². The predicted octanol–water partition coefficient (Wildman–Crippen LogP) is 4.74. The molecule has 2 unspecified atom stereocenters. The van der Waals surface area contributed by atoms with Crippen molar-refractivity contribution in [2.24, 2.45) is 5.92 Å². The van der Waals surface area contributed by atoms with Crippen LogP contribution in [0.4, 0.5) is 17.3 Å². The molecule has 1 aliphatic rings. The van der Waals surface area contributed by atoms with Gasteiger partial charge < -0.3 is 22.2 Å². The Bertz CT molecular complexity index is 243. The topological polar surface area (TPSA) is 4.44 Å². The van der Waals surface area contributed by atoms with Gasteiger partial charge in [0.05, 0.1) is 19.6 Å². The number of piperidine rings is 1. The molecule has 0 aromatic carbocycles. The highest BCUT2D eigenvalue weighted by Gasteiger charge is 2.20. The summed E-state index contributed by atoms with van der Waals surface area (Å²) in [6.07, 6.45) is 14.6. The molecule has 0 aliphatic carbocycles. The number of rotatable bonds is 9. The second-order valence-electron chi connectivity index (χ2n) is 6.67. The van der Waals surface area contributed by atoms with E-state index < -0.39 is 7.25 Å². The summed E-state index contributed by atoms with van der Waals surface area (Å²) in [4.78, 5) is 1.88. The molecule has 6 heteroatoms. The second-order valence-corrected chi connectivity index (χ2v) is 6.67. The summed E-state index contributed by atoms with van der Waals surface area (Å²) in [5, 5.41) is 0. The highest BCUT2D eigenvalue weighted by molar-refractivity contribution is 6.50. The number of hydrogen-bond acceptors (Lipinski definition) is 0. The average molecular weight is 327 g/mol. The van der Waals surface area contributed by atoms with Gasteiger partial charge in [-0.15, -0.1) is 0 Å². The highest BCUT2D eigenvalue weighted by atomic mass is 19.5. The van der Waals surface area contributed by atoms with Crippen LogP contribution >= 0.6 is 0 Å². The molecule has 134 valence electrons. The molecule has 1 N–H and O–H groups in total. The van der Waals surface area contributed by atoms with E-state index in [2.05, 4.69) is 13.8 Å². The molecule has 22 heavy (non-hydrogen) atoms. The first-order valence-corrected chi connectivity index (χ1v) is 9.03. The standard InChI is InChI=1S/C16H33N.BF4/c1-3-4-5-6-7-8-9-10-13-17-14-11-12-16(2)15-17;2-1(3,4)5/h16H,3-15H2,1-2H3;/q;-1/p+1. The van der Waals surface area contributed by atoms with E-state index in [4.69, 9.17) is 0 Å². The summed E-state index contributed by atoms with van der Waals surface area (Å²) in [5.74, 6) is 0.979. The molecule has 0 spiro atoms. The number of hydrogen-bond donors (Lipinski definition) is 1. The van der Waals surface area contributed by atoms with Crippen molar-refractivity contribution in [2.75, 3.05) is 19.6 Å². The Morgan fingerprint density at radius 2 is 1.41 bits per heavy atom. The van der Waals surface area contributed by atoms with Gasteiger partial charge in [-0.25, -0.2) is 0 Å². The van der Waals surface area contributed by atoms with E-state index in [1.165, 1.54) is 83.8 Å². The van der Waals surface area contributed by atoms with Crippen molar-refractivity contribution < 1.29 is 22.2 Å². The van der Waals surface area contributed by atoms with Crippen LogP contribution in [0.15, 0.2) is 0 Å². The van der Waals surface area contributed by atoms with Gasteiger partial charge in [-0.3, -0.25) is 0 Å². The number of halogens is 4. The molecule has 1 fully saturated rings. The summed E-state index contributed by atoms with van der Waals surface area (Å²) in [5.41, 5.74) is 0. The SMILES string of the molecule is CCCCCCCCCC[NH+]1CCCC(C)C1.F[B-](F)(F)F. The third-order valence-electron chi connectivity index (χ3n) is 4.25. The zero-order valence-corrected chi connectivity index (χ0v) is 14.4. The van der Waals surface area contributed by atoms with Gasteiger partial charge in [0.15, 0.2) is 0 Å². The molecule has 1 saturated heterocycles.